The second-order valence-corrected chi connectivity index (χ2v) is 7.66. The third-order valence-electron chi connectivity index (χ3n) is 4.12. The Morgan fingerprint density at radius 3 is 2.69 bits per heavy atom. The van der Waals surface area contributed by atoms with Gasteiger partial charge in [-0.2, -0.15) is 0 Å². The number of furan rings is 1. The summed E-state index contributed by atoms with van der Waals surface area (Å²) in [6.45, 7) is 2.03. The van der Waals surface area contributed by atoms with Crippen LogP contribution in [0.4, 0.5) is 11.4 Å². The van der Waals surface area contributed by atoms with E-state index in [1.54, 1.807) is 18.2 Å². The van der Waals surface area contributed by atoms with Crippen LogP contribution in [-0.4, -0.2) is 15.9 Å². The normalized spacial score (nSPS) is 10.4. The zero-order valence-electron chi connectivity index (χ0n) is 15.3. The van der Waals surface area contributed by atoms with Gasteiger partial charge in [-0.05, 0) is 83.2 Å². The molecule has 0 aliphatic heterocycles. The first-order valence-corrected chi connectivity index (χ1v) is 10.1. The molecule has 0 aliphatic rings. The third kappa shape index (κ3) is 4.98. The maximum Gasteiger partial charge on any atom is 0.293 e. The van der Waals surface area contributed by atoms with Crippen molar-refractivity contribution in [2.45, 2.75) is 13.3 Å². The molecular weight excluding hydrogens is 505 g/mol. The SMILES string of the molecule is CCc1cc(I)ccc1NC(=S)NC(=O)c1ccc(-c2ccccc2[N+](=O)[O-])o1. The maximum absolute atomic E-state index is 12.4. The summed E-state index contributed by atoms with van der Waals surface area (Å²) in [5, 5.41) is 16.9. The van der Waals surface area contributed by atoms with Gasteiger partial charge in [0.2, 0.25) is 0 Å². The Bertz CT molecular complexity index is 1100. The number of halogens is 1. The number of rotatable bonds is 5. The van der Waals surface area contributed by atoms with Crippen molar-refractivity contribution in [1.29, 1.82) is 0 Å². The Morgan fingerprint density at radius 1 is 1.21 bits per heavy atom. The summed E-state index contributed by atoms with van der Waals surface area (Å²) in [6, 6.07) is 15.0. The number of aryl methyl sites for hydroxylation is 1. The number of nitrogens with zero attached hydrogens (tertiary/aromatic N) is 1. The van der Waals surface area contributed by atoms with E-state index in [1.165, 1.54) is 18.2 Å². The van der Waals surface area contributed by atoms with Gasteiger partial charge in [0.15, 0.2) is 10.9 Å². The molecule has 0 aliphatic carbocycles. The number of nitro groups is 1. The number of carbonyl (C=O) groups is 1. The Hall–Kier alpha value is -2.79. The maximum atomic E-state index is 12.4. The first-order valence-electron chi connectivity index (χ1n) is 8.63. The van der Waals surface area contributed by atoms with Gasteiger partial charge in [0.05, 0.1) is 10.5 Å². The van der Waals surface area contributed by atoms with Crippen LogP contribution in [0, 0.1) is 13.7 Å². The minimum absolute atomic E-state index is 0.000580. The van der Waals surface area contributed by atoms with E-state index in [9.17, 15) is 14.9 Å². The van der Waals surface area contributed by atoms with Gasteiger partial charge in [0, 0.05) is 15.3 Å². The highest BCUT2D eigenvalue weighted by Crippen LogP contribution is 2.30. The Morgan fingerprint density at radius 2 is 1.97 bits per heavy atom. The van der Waals surface area contributed by atoms with Crippen molar-refractivity contribution in [3.63, 3.8) is 0 Å². The van der Waals surface area contributed by atoms with Crippen molar-refractivity contribution in [3.8, 4) is 11.3 Å². The summed E-state index contributed by atoms with van der Waals surface area (Å²) in [5.74, 6) is -0.316. The molecule has 0 spiro atoms. The number of thiocarbonyl (C=S) groups is 1. The van der Waals surface area contributed by atoms with Crippen LogP contribution >= 0.6 is 34.8 Å². The molecule has 0 radical (unpaired) electrons. The van der Waals surface area contributed by atoms with Gasteiger partial charge in [0.1, 0.15) is 5.76 Å². The number of amides is 1. The molecule has 3 aromatic rings. The number of hydrogen-bond acceptors (Lipinski definition) is 5. The number of nitrogens with one attached hydrogen (secondary N) is 2. The van der Waals surface area contributed by atoms with Crippen molar-refractivity contribution in [2.75, 3.05) is 5.32 Å². The molecule has 0 saturated carbocycles. The van der Waals surface area contributed by atoms with Gasteiger partial charge in [-0.15, -0.1) is 0 Å². The molecule has 1 amide bonds. The van der Waals surface area contributed by atoms with Crippen molar-refractivity contribution < 1.29 is 14.1 Å². The fourth-order valence-corrected chi connectivity index (χ4v) is 3.50. The van der Waals surface area contributed by atoms with Gasteiger partial charge in [0.25, 0.3) is 11.6 Å². The summed E-state index contributed by atoms with van der Waals surface area (Å²) >= 11 is 7.47. The molecule has 0 saturated heterocycles. The Balaban J connectivity index is 1.73. The zero-order chi connectivity index (χ0) is 21.0. The number of carbonyl (C=O) groups excluding carboxylic acids is 1. The molecule has 148 valence electrons. The lowest BCUT2D eigenvalue weighted by Gasteiger charge is -2.12. The molecule has 29 heavy (non-hydrogen) atoms. The van der Waals surface area contributed by atoms with E-state index >= 15 is 0 Å². The highest BCUT2D eigenvalue weighted by molar-refractivity contribution is 14.1. The van der Waals surface area contributed by atoms with Crippen LogP contribution in [-0.2, 0) is 6.42 Å². The van der Waals surface area contributed by atoms with Crippen LogP contribution < -0.4 is 10.6 Å². The van der Waals surface area contributed by atoms with E-state index in [2.05, 4.69) is 33.2 Å². The van der Waals surface area contributed by atoms with Crippen LogP contribution in [0.5, 0.6) is 0 Å². The molecule has 2 N–H and O–H groups in total. The number of anilines is 1. The predicted octanol–water partition coefficient (Wildman–Crippen LogP) is 5.15. The minimum Gasteiger partial charge on any atom is -0.451 e. The molecule has 9 heteroatoms. The molecule has 3 rings (SSSR count). The van der Waals surface area contributed by atoms with Crippen molar-refractivity contribution in [1.82, 2.24) is 5.32 Å². The van der Waals surface area contributed by atoms with Gasteiger partial charge in [-0.3, -0.25) is 20.2 Å². The fourth-order valence-electron chi connectivity index (χ4n) is 2.74. The zero-order valence-corrected chi connectivity index (χ0v) is 18.2. The first-order chi connectivity index (χ1) is 13.9. The fraction of sp³-hybridized carbons (Fsp3) is 0.100. The van der Waals surface area contributed by atoms with E-state index in [-0.39, 0.29) is 22.3 Å². The van der Waals surface area contributed by atoms with Crippen molar-refractivity contribution in [2.24, 2.45) is 0 Å². The van der Waals surface area contributed by atoms with Gasteiger partial charge >= 0.3 is 0 Å². The third-order valence-corrected chi connectivity index (χ3v) is 4.99. The summed E-state index contributed by atoms with van der Waals surface area (Å²) in [5.41, 5.74) is 2.09. The molecule has 1 heterocycles. The Kier molecular flexibility index (Phi) is 6.60. The van der Waals surface area contributed by atoms with Crippen molar-refractivity contribution in [3.05, 3.63) is 79.6 Å². The first kappa shape index (κ1) is 20.9. The van der Waals surface area contributed by atoms with Crippen LogP contribution in [0.25, 0.3) is 11.3 Å². The molecular formula is C20H16IN3O4S. The largest absolute Gasteiger partial charge is 0.451 e. The Labute approximate surface area is 185 Å². The van der Waals surface area contributed by atoms with Crippen LogP contribution in [0.3, 0.4) is 0 Å². The molecule has 1 aromatic heterocycles. The quantitative estimate of drug-likeness (QED) is 0.209. The summed E-state index contributed by atoms with van der Waals surface area (Å²) in [7, 11) is 0. The summed E-state index contributed by atoms with van der Waals surface area (Å²) in [4.78, 5) is 23.1. The average molecular weight is 521 g/mol. The summed E-state index contributed by atoms with van der Waals surface area (Å²) < 4.78 is 6.64. The van der Waals surface area contributed by atoms with E-state index in [0.717, 1.165) is 21.2 Å². The highest BCUT2D eigenvalue weighted by atomic mass is 127. The minimum atomic E-state index is -0.545. The smallest absolute Gasteiger partial charge is 0.293 e. The number of hydrogen-bond donors (Lipinski definition) is 2. The topological polar surface area (TPSA) is 97.4 Å². The number of para-hydroxylation sites is 1. The molecule has 0 fully saturated rings. The van der Waals surface area contributed by atoms with Gasteiger partial charge < -0.3 is 9.73 Å². The molecule has 0 bridgehead atoms. The van der Waals surface area contributed by atoms with Gasteiger partial charge in [-0.25, -0.2) is 0 Å². The molecule has 7 nitrogen and oxygen atoms in total. The lowest BCUT2D eigenvalue weighted by atomic mass is 10.1. The van der Waals surface area contributed by atoms with Crippen LogP contribution in [0.2, 0.25) is 0 Å². The van der Waals surface area contributed by atoms with Crippen molar-refractivity contribution >= 4 is 57.2 Å². The average Bonchev–Trinajstić information content (AvgIpc) is 3.19. The lowest BCUT2D eigenvalue weighted by Crippen LogP contribution is -2.34. The molecule has 0 unspecified atom stereocenters. The summed E-state index contributed by atoms with van der Waals surface area (Å²) in [6.07, 6.45) is 0.813. The standard InChI is InChI=1S/C20H16IN3O4S/c1-2-12-11-13(21)7-8-15(12)22-20(29)23-19(25)18-10-9-17(28-18)14-5-3-4-6-16(14)24(26)27/h3-11H,2H2,1H3,(H2,22,23,25,29). The van der Waals surface area contributed by atoms with E-state index in [1.807, 2.05) is 25.1 Å². The van der Waals surface area contributed by atoms with E-state index < -0.39 is 10.8 Å². The molecule has 0 atom stereocenters. The lowest BCUT2D eigenvalue weighted by molar-refractivity contribution is -0.384. The second-order valence-electron chi connectivity index (χ2n) is 6.00. The second kappa shape index (κ2) is 9.14. The highest BCUT2D eigenvalue weighted by Gasteiger charge is 2.19. The van der Waals surface area contributed by atoms with E-state index in [4.69, 9.17) is 16.6 Å². The van der Waals surface area contributed by atoms with Crippen LogP contribution in [0.1, 0.15) is 23.0 Å². The monoisotopic (exact) mass is 521 g/mol. The van der Waals surface area contributed by atoms with Crippen LogP contribution in [0.15, 0.2) is 59.0 Å². The van der Waals surface area contributed by atoms with Gasteiger partial charge in [-0.1, -0.05) is 19.1 Å². The molecule has 2 aromatic carbocycles. The predicted molar refractivity (Wildman–Crippen MR) is 123 cm³/mol. The number of benzene rings is 2. The van der Waals surface area contributed by atoms with E-state index in [0.29, 0.717) is 5.56 Å². The number of nitro benzene ring substituents is 1.